The predicted octanol–water partition coefficient (Wildman–Crippen LogP) is 8.02. The van der Waals surface area contributed by atoms with Crippen LogP contribution in [0.5, 0.6) is 0 Å². The van der Waals surface area contributed by atoms with Crippen LogP contribution in [-0.2, 0) is 27.9 Å². The van der Waals surface area contributed by atoms with E-state index in [2.05, 4.69) is 86.8 Å². The van der Waals surface area contributed by atoms with Gasteiger partial charge in [-0.1, -0.05) is 119 Å². The minimum absolute atomic E-state index is 0.113. The molecule has 0 amide bonds. The first-order chi connectivity index (χ1) is 27.5. The number of aliphatic hydroxyl groups is 5. The number of unbranched alkanes of at least 4 members (excludes halogenated alkanes) is 10. The maximum Gasteiger partial charge on any atom is 0.472 e. The lowest BCUT2D eigenvalue weighted by Gasteiger charge is -2.41. The molecular weight excluding hydrogens is 751 g/mol. The van der Waals surface area contributed by atoms with Crippen molar-refractivity contribution < 1.29 is 58.3 Å². The molecule has 328 valence electrons. The Balaban J connectivity index is 2.48. The van der Waals surface area contributed by atoms with E-state index in [0.717, 1.165) is 89.9 Å². The molecule has 1 fully saturated rings. The molecule has 0 aromatic carbocycles. The Bertz CT molecular complexity index is 1220. The van der Waals surface area contributed by atoms with Crippen molar-refractivity contribution in [3.8, 4) is 0 Å². The third kappa shape index (κ3) is 27.2. The van der Waals surface area contributed by atoms with Crippen LogP contribution in [0.15, 0.2) is 72.9 Å². The second-order valence-corrected chi connectivity index (χ2v) is 15.9. The van der Waals surface area contributed by atoms with Crippen molar-refractivity contribution in [3.63, 3.8) is 0 Å². The highest BCUT2D eigenvalue weighted by Gasteiger charge is 2.51. The van der Waals surface area contributed by atoms with Gasteiger partial charge in [0.05, 0.1) is 13.2 Å². The van der Waals surface area contributed by atoms with E-state index in [1.165, 1.54) is 19.3 Å². The van der Waals surface area contributed by atoms with E-state index in [1.54, 1.807) is 0 Å². The van der Waals surface area contributed by atoms with Crippen LogP contribution in [0.2, 0.25) is 0 Å². The summed E-state index contributed by atoms with van der Waals surface area (Å²) in [6, 6.07) is 0. The van der Waals surface area contributed by atoms with Gasteiger partial charge in [0.2, 0.25) is 0 Å². The zero-order valence-electron chi connectivity index (χ0n) is 34.6. The predicted molar refractivity (Wildman–Crippen MR) is 225 cm³/mol. The number of rotatable bonds is 34. The summed E-state index contributed by atoms with van der Waals surface area (Å²) in [6.07, 6.45) is 31.3. The van der Waals surface area contributed by atoms with E-state index in [4.69, 9.17) is 18.5 Å². The Hall–Kier alpha value is -2.22. The zero-order valence-corrected chi connectivity index (χ0v) is 35.5. The Labute approximate surface area is 342 Å². The Morgan fingerprint density at radius 1 is 0.579 bits per heavy atom. The molecule has 0 aromatic rings. The van der Waals surface area contributed by atoms with Crippen molar-refractivity contribution >= 4 is 13.8 Å². The molecule has 6 unspecified atom stereocenters. The third-order valence-corrected chi connectivity index (χ3v) is 10.3. The number of allylic oxidation sites excluding steroid dienone is 12. The molecule has 12 nitrogen and oxygen atoms in total. The average Bonchev–Trinajstić information content (AvgIpc) is 3.19. The summed E-state index contributed by atoms with van der Waals surface area (Å²) >= 11 is 0. The maximum atomic E-state index is 12.8. The van der Waals surface area contributed by atoms with Gasteiger partial charge >= 0.3 is 13.8 Å². The Morgan fingerprint density at radius 2 is 1.04 bits per heavy atom. The quantitative estimate of drug-likeness (QED) is 0.0159. The topological polar surface area (TPSA) is 192 Å². The minimum Gasteiger partial charge on any atom is -0.457 e. The van der Waals surface area contributed by atoms with E-state index in [-0.39, 0.29) is 13.0 Å². The molecule has 0 radical (unpaired) electrons. The molecule has 1 aliphatic rings. The van der Waals surface area contributed by atoms with Crippen LogP contribution < -0.4 is 0 Å². The van der Waals surface area contributed by atoms with E-state index < -0.39 is 63.1 Å². The van der Waals surface area contributed by atoms with Crippen LogP contribution in [-0.4, -0.2) is 98.9 Å². The molecule has 0 heterocycles. The van der Waals surface area contributed by atoms with Crippen LogP contribution in [0.4, 0.5) is 0 Å². The van der Waals surface area contributed by atoms with Gasteiger partial charge in [-0.3, -0.25) is 13.8 Å². The fourth-order valence-electron chi connectivity index (χ4n) is 5.90. The summed E-state index contributed by atoms with van der Waals surface area (Å²) in [5, 5.41) is 50.1. The summed E-state index contributed by atoms with van der Waals surface area (Å²) in [5.41, 5.74) is 0. The van der Waals surface area contributed by atoms with Gasteiger partial charge in [0.1, 0.15) is 42.7 Å². The number of hydrogen-bond donors (Lipinski definition) is 6. The number of carbonyl (C=O) groups excluding carboxylic acids is 1. The van der Waals surface area contributed by atoms with Gasteiger partial charge in [0.25, 0.3) is 0 Å². The molecule has 0 spiro atoms. The fourth-order valence-corrected chi connectivity index (χ4v) is 6.88. The third-order valence-electron chi connectivity index (χ3n) is 9.31. The highest BCUT2D eigenvalue weighted by molar-refractivity contribution is 7.47. The van der Waals surface area contributed by atoms with Gasteiger partial charge in [-0.25, -0.2) is 4.57 Å². The number of hydrogen-bond acceptors (Lipinski definition) is 11. The number of carbonyl (C=O) groups is 1. The van der Waals surface area contributed by atoms with Crippen molar-refractivity contribution in [1.29, 1.82) is 0 Å². The van der Waals surface area contributed by atoms with Crippen molar-refractivity contribution in [1.82, 2.24) is 0 Å². The molecule has 6 N–H and O–H groups in total. The number of aliphatic hydroxyl groups excluding tert-OH is 5. The second-order valence-electron chi connectivity index (χ2n) is 14.5. The van der Waals surface area contributed by atoms with E-state index in [1.807, 2.05) is 0 Å². The monoisotopic (exact) mass is 826 g/mol. The van der Waals surface area contributed by atoms with Crippen molar-refractivity contribution in [2.75, 3.05) is 19.8 Å². The standard InChI is InChI=1S/C44H75O12P/c1-3-5-7-9-11-13-15-17-18-19-20-21-22-24-26-28-30-32-34-53-35-37(55-38(45)33-31-29-27-25-23-16-14-12-10-8-6-4-2)36-54-57(51,52)56-44-42(49)40(47)39(46)41(48)43(44)50/h5,7,11-14,17-18,20-21,24,26,37,39-44,46-50H,3-4,6,8-10,15-16,19,22-23,25,27-36H2,1-2H3,(H,51,52)/b7-5-,13-11-,14-12-,18-17-,21-20-,26-24-. The molecule has 1 rings (SSSR count). The SMILES string of the molecule is CC/C=C\C/C=C\C/C=C\C/C=C\C/C=C\CCCCOCC(COP(=O)(O)OC1C(O)C(O)C(O)C(O)C1O)OC(=O)CCCCCCC/C=C\CCCCC. The maximum absolute atomic E-state index is 12.8. The van der Waals surface area contributed by atoms with Gasteiger partial charge in [0.15, 0.2) is 0 Å². The molecule has 6 atom stereocenters. The van der Waals surface area contributed by atoms with E-state index >= 15 is 0 Å². The van der Waals surface area contributed by atoms with Crippen molar-refractivity contribution in [3.05, 3.63) is 72.9 Å². The Kier molecular flexibility index (Phi) is 32.1. The van der Waals surface area contributed by atoms with Gasteiger partial charge in [-0.2, -0.15) is 0 Å². The number of esters is 1. The van der Waals surface area contributed by atoms with Crippen LogP contribution in [0.3, 0.4) is 0 Å². The highest BCUT2D eigenvalue weighted by atomic mass is 31.2. The minimum atomic E-state index is -5.03. The first-order valence-electron chi connectivity index (χ1n) is 21.3. The van der Waals surface area contributed by atoms with Gasteiger partial charge < -0.3 is 39.9 Å². The Morgan fingerprint density at radius 3 is 1.60 bits per heavy atom. The molecule has 0 aliphatic heterocycles. The van der Waals surface area contributed by atoms with Gasteiger partial charge in [-0.15, -0.1) is 0 Å². The highest BCUT2D eigenvalue weighted by Crippen LogP contribution is 2.47. The number of phosphoric ester groups is 1. The van der Waals surface area contributed by atoms with E-state index in [9.17, 15) is 39.8 Å². The summed E-state index contributed by atoms with van der Waals surface area (Å²) in [5.74, 6) is -0.507. The molecule has 0 aromatic heterocycles. The normalized spacial score (nSPS) is 23.6. The summed E-state index contributed by atoms with van der Waals surface area (Å²) in [4.78, 5) is 23.1. The fraction of sp³-hybridized carbons (Fsp3) is 0.705. The summed E-state index contributed by atoms with van der Waals surface area (Å²) < 4.78 is 34.0. The lowest BCUT2D eigenvalue weighted by atomic mass is 9.85. The van der Waals surface area contributed by atoms with Crippen molar-refractivity contribution in [2.45, 2.75) is 179 Å². The molecule has 13 heteroatoms. The lowest BCUT2D eigenvalue weighted by Crippen LogP contribution is -2.64. The lowest BCUT2D eigenvalue weighted by molar-refractivity contribution is -0.220. The van der Waals surface area contributed by atoms with Crippen molar-refractivity contribution in [2.24, 2.45) is 0 Å². The first-order valence-corrected chi connectivity index (χ1v) is 22.8. The number of phosphoric acid groups is 1. The molecule has 1 aliphatic carbocycles. The summed E-state index contributed by atoms with van der Waals surface area (Å²) in [6.45, 7) is 3.97. The average molecular weight is 827 g/mol. The smallest absolute Gasteiger partial charge is 0.457 e. The largest absolute Gasteiger partial charge is 0.472 e. The van der Waals surface area contributed by atoms with Crippen LogP contribution in [0.25, 0.3) is 0 Å². The first kappa shape index (κ1) is 52.8. The van der Waals surface area contributed by atoms with Crippen LogP contribution >= 0.6 is 7.82 Å². The molecule has 0 saturated heterocycles. The molecule has 0 bridgehead atoms. The van der Waals surface area contributed by atoms with Crippen LogP contribution in [0.1, 0.15) is 136 Å². The summed E-state index contributed by atoms with van der Waals surface area (Å²) in [7, 11) is -5.03. The van der Waals surface area contributed by atoms with Gasteiger partial charge in [0, 0.05) is 13.0 Å². The zero-order chi connectivity index (χ0) is 42.0. The van der Waals surface area contributed by atoms with Crippen LogP contribution in [0, 0.1) is 0 Å². The molecular formula is C44H75O12P. The number of ether oxygens (including phenoxy) is 2. The molecule has 57 heavy (non-hydrogen) atoms. The van der Waals surface area contributed by atoms with E-state index in [0.29, 0.717) is 13.0 Å². The second kappa shape index (κ2) is 34.6. The van der Waals surface area contributed by atoms with Gasteiger partial charge in [-0.05, 0) is 83.5 Å². The molecule has 1 saturated carbocycles.